The number of hydrogen-bond donors (Lipinski definition) is 0. The first-order valence-corrected chi connectivity index (χ1v) is 13.4. The molecule has 36 heavy (non-hydrogen) atoms. The zero-order valence-electron chi connectivity index (χ0n) is 21.5. The maximum absolute atomic E-state index is 13.1. The van der Waals surface area contributed by atoms with Gasteiger partial charge in [0.05, 0.1) is 17.7 Å². The highest BCUT2D eigenvalue weighted by atomic mass is 32.1. The van der Waals surface area contributed by atoms with Gasteiger partial charge in [0.2, 0.25) is 0 Å². The second-order valence-electron chi connectivity index (χ2n) is 10.3. The van der Waals surface area contributed by atoms with Crippen LogP contribution in [-0.2, 0) is 16.1 Å². The van der Waals surface area contributed by atoms with Gasteiger partial charge >= 0.3 is 5.97 Å². The molecule has 0 saturated heterocycles. The Morgan fingerprint density at radius 2 is 1.64 bits per heavy atom. The Bertz CT molecular complexity index is 1300. The van der Waals surface area contributed by atoms with Gasteiger partial charge in [0.1, 0.15) is 0 Å². The highest BCUT2D eigenvalue weighted by Crippen LogP contribution is 2.51. The lowest BCUT2D eigenvalue weighted by molar-refractivity contribution is -0.170. The van der Waals surface area contributed by atoms with Crippen LogP contribution in [0.4, 0.5) is 0 Å². The minimum atomic E-state index is -0.319. The molecule has 3 aromatic rings. The predicted molar refractivity (Wildman–Crippen MR) is 147 cm³/mol. The van der Waals surface area contributed by atoms with Crippen LogP contribution in [0.2, 0.25) is 0 Å². The van der Waals surface area contributed by atoms with Crippen LogP contribution in [0.5, 0.6) is 0 Å². The second kappa shape index (κ2) is 11.4. The van der Waals surface area contributed by atoms with E-state index in [1.165, 1.54) is 0 Å². The average molecular weight is 505 g/mol. The first kappa shape index (κ1) is 26.1. The number of carbonyl (C=O) groups is 1. The van der Waals surface area contributed by atoms with Crippen molar-refractivity contribution in [2.24, 2.45) is 17.3 Å². The van der Waals surface area contributed by atoms with Gasteiger partial charge in [0.25, 0.3) is 5.56 Å². The molecule has 0 N–H and O–H groups in total. The van der Waals surface area contributed by atoms with Crippen molar-refractivity contribution in [1.82, 2.24) is 9.13 Å². The van der Waals surface area contributed by atoms with Crippen molar-refractivity contribution in [1.29, 1.82) is 0 Å². The Hall–Kier alpha value is -2.99. The van der Waals surface area contributed by atoms with Gasteiger partial charge in [-0.2, -0.15) is 0 Å². The van der Waals surface area contributed by atoms with E-state index < -0.39 is 0 Å². The zero-order chi connectivity index (χ0) is 25.7. The number of carbonyl (C=O) groups excluding carboxylic acids is 1. The Labute approximate surface area is 218 Å². The fraction of sp³-hybridized carbons (Fsp3) is 0.433. The summed E-state index contributed by atoms with van der Waals surface area (Å²) >= 11 is 5.84. The Balaban J connectivity index is 1.37. The monoisotopic (exact) mass is 504 g/mol. The summed E-state index contributed by atoms with van der Waals surface area (Å²) in [5.41, 5.74) is 2.27. The lowest BCUT2D eigenvalue weighted by Gasteiger charge is -2.48. The maximum atomic E-state index is 13.1. The molecule has 4 rings (SSSR count). The summed E-state index contributed by atoms with van der Waals surface area (Å²) in [5.74, 6) is 0.907. The summed E-state index contributed by atoms with van der Waals surface area (Å²) in [6.45, 7) is 7.37. The number of rotatable bonds is 10. The van der Waals surface area contributed by atoms with E-state index in [1.807, 2.05) is 72.2 Å². The topological polar surface area (TPSA) is 53.2 Å². The Morgan fingerprint density at radius 3 is 2.28 bits per heavy atom. The summed E-state index contributed by atoms with van der Waals surface area (Å²) in [5, 5.41) is 0. The molecule has 1 fully saturated rings. The van der Waals surface area contributed by atoms with Gasteiger partial charge in [-0.25, -0.2) is 0 Å². The molecule has 0 bridgehead atoms. The van der Waals surface area contributed by atoms with Crippen LogP contribution in [-0.4, -0.2) is 21.7 Å². The number of aromatic nitrogens is 2. The highest BCUT2D eigenvalue weighted by Gasteiger charge is 2.51. The molecule has 0 spiro atoms. The van der Waals surface area contributed by atoms with Crippen molar-refractivity contribution in [3.63, 3.8) is 0 Å². The summed E-state index contributed by atoms with van der Waals surface area (Å²) in [4.78, 5) is 25.5. The van der Waals surface area contributed by atoms with E-state index in [0.29, 0.717) is 29.8 Å². The molecule has 0 amide bonds. The molecule has 3 unspecified atom stereocenters. The third-order valence-electron chi connectivity index (χ3n) is 7.85. The number of para-hydroxylation sites is 1. The van der Waals surface area contributed by atoms with Crippen molar-refractivity contribution >= 4 is 18.2 Å². The van der Waals surface area contributed by atoms with E-state index in [-0.39, 0.29) is 16.9 Å². The summed E-state index contributed by atoms with van der Waals surface area (Å²) in [6.07, 6.45) is 4.46. The van der Waals surface area contributed by atoms with Crippen LogP contribution < -0.4 is 5.56 Å². The molecule has 1 saturated carbocycles. The molecule has 0 radical (unpaired) electrons. The lowest BCUT2D eigenvalue weighted by Crippen LogP contribution is -2.49. The fourth-order valence-corrected chi connectivity index (χ4v) is 5.64. The number of unbranched alkanes of at least 4 members (excludes halogenated alkanes) is 3. The minimum absolute atomic E-state index is 0.0561. The van der Waals surface area contributed by atoms with Gasteiger partial charge in [-0.1, -0.05) is 68.8 Å². The summed E-state index contributed by atoms with van der Waals surface area (Å²) < 4.78 is 9.75. The predicted octanol–water partition coefficient (Wildman–Crippen LogP) is 6.82. The van der Waals surface area contributed by atoms with E-state index in [9.17, 15) is 9.59 Å². The first-order chi connectivity index (χ1) is 17.3. The Morgan fingerprint density at radius 1 is 1.00 bits per heavy atom. The SMILES string of the molecule is CC1CC(C)(C(=O)OCCCCCCn2c(=O)cc(-c3ccccc3)n(-c3ccccc3)c2=S)C1C. The average Bonchev–Trinajstić information content (AvgIpc) is 2.90. The zero-order valence-corrected chi connectivity index (χ0v) is 22.3. The standard InChI is InChI=1S/C30H36N2O3S/c1-22-21-30(3,23(22)2)28(34)35-19-13-5-4-12-18-31-27(33)20-26(24-14-8-6-9-15-24)32(29(31)36)25-16-10-7-11-17-25/h6-11,14-17,20,22-23H,4-5,12-13,18-19,21H2,1-3H3. The minimum Gasteiger partial charge on any atom is -0.465 e. The number of nitrogens with zero attached hydrogens (tertiary/aromatic N) is 2. The van der Waals surface area contributed by atoms with E-state index in [1.54, 1.807) is 10.6 Å². The van der Waals surface area contributed by atoms with Crippen LogP contribution in [0.3, 0.4) is 0 Å². The number of esters is 1. The molecule has 6 heteroatoms. The molecule has 0 aliphatic heterocycles. The van der Waals surface area contributed by atoms with E-state index in [4.69, 9.17) is 17.0 Å². The molecule has 3 atom stereocenters. The third-order valence-corrected chi connectivity index (χ3v) is 8.26. The molecule has 5 nitrogen and oxygen atoms in total. The summed E-state index contributed by atoms with van der Waals surface area (Å²) in [7, 11) is 0. The molecular weight excluding hydrogens is 468 g/mol. The molecule has 1 aliphatic rings. The van der Waals surface area contributed by atoms with Crippen molar-refractivity contribution in [2.75, 3.05) is 6.61 Å². The van der Waals surface area contributed by atoms with Crippen LogP contribution >= 0.6 is 12.2 Å². The van der Waals surface area contributed by atoms with Crippen LogP contribution in [0.15, 0.2) is 71.5 Å². The molecule has 2 aromatic carbocycles. The largest absolute Gasteiger partial charge is 0.465 e. The number of benzene rings is 2. The van der Waals surface area contributed by atoms with Crippen molar-refractivity contribution in [3.8, 4) is 16.9 Å². The smallest absolute Gasteiger partial charge is 0.312 e. The van der Waals surface area contributed by atoms with Crippen molar-refractivity contribution in [2.45, 2.75) is 59.4 Å². The third kappa shape index (κ3) is 5.39. The maximum Gasteiger partial charge on any atom is 0.312 e. The van der Waals surface area contributed by atoms with E-state index in [2.05, 4.69) is 13.8 Å². The second-order valence-corrected chi connectivity index (χ2v) is 10.6. The lowest BCUT2D eigenvalue weighted by atomic mass is 9.56. The van der Waals surface area contributed by atoms with Gasteiger partial charge in [-0.05, 0) is 74.4 Å². The molecular formula is C30H36N2O3S. The molecule has 1 heterocycles. The first-order valence-electron chi connectivity index (χ1n) is 13.0. The van der Waals surface area contributed by atoms with Crippen LogP contribution in [0.1, 0.15) is 52.9 Å². The number of hydrogen-bond acceptors (Lipinski definition) is 4. The summed E-state index contributed by atoms with van der Waals surface area (Å²) in [6, 6.07) is 21.5. The van der Waals surface area contributed by atoms with Gasteiger partial charge in [-0.15, -0.1) is 0 Å². The van der Waals surface area contributed by atoms with Crippen molar-refractivity contribution in [3.05, 3.63) is 81.9 Å². The molecule has 1 aromatic heterocycles. The van der Waals surface area contributed by atoms with Crippen molar-refractivity contribution < 1.29 is 9.53 Å². The van der Waals surface area contributed by atoms with Gasteiger partial charge in [-0.3, -0.25) is 18.7 Å². The normalized spacial score (nSPS) is 21.1. The number of ether oxygens (including phenoxy) is 1. The van der Waals surface area contributed by atoms with Gasteiger partial charge in [0, 0.05) is 18.3 Å². The van der Waals surface area contributed by atoms with Gasteiger partial charge in [0.15, 0.2) is 4.77 Å². The molecule has 1 aliphatic carbocycles. The van der Waals surface area contributed by atoms with Crippen LogP contribution in [0, 0.1) is 22.0 Å². The fourth-order valence-electron chi connectivity index (χ4n) is 5.25. The Kier molecular flexibility index (Phi) is 8.24. The molecule has 190 valence electrons. The van der Waals surface area contributed by atoms with E-state index >= 15 is 0 Å². The van der Waals surface area contributed by atoms with Crippen LogP contribution in [0.25, 0.3) is 16.9 Å². The quantitative estimate of drug-likeness (QED) is 0.173. The highest BCUT2D eigenvalue weighted by molar-refractivity contribution is 7.71. The van der Waals surface area contributed by atoms with Gasteiger partial charge < -0.3 is 4.74 Å². The van der Waals surface area contributed by atoms with E-state index in [0.717, 1.165) is 49.0 Å².